The lowest BCUT2D eigenvalue weighted by Crippen LogP contribution is -2.50. The Balaban J connectivity index is 2.03. The maximum atomic E-state index is 13.0. The van der Waals surface area contributed by atoms with Crippen molar-refractivity contribution in [2.75, 3.05) is 16.8 Å². The molecule has 0 saturated carbocycles. The molecule has 1 aliphatic rings. The Morgan fingerprint density at radius 1 is 1.09 bits per heavy atom. The number of nitrogens with one attached hydrogen (secondary N) is 1. The van der Waals surface area contributed by atoms with Crippen LogP contribution < -0.4 is 10.2 Å². The summed E-state index contributed by atoms with van der Waals surface area (Å²) in [5.74, 6) is 0.0603. The second-order valence-electron chi connectivity index (χ2n) is 6.72. The molecule has 2 aromatic carbocycles. The molecule has 0 fully saturated rings. The summed E-state index contributed by atoms with van der Waals surface area (Å²) in [6.07, 6.45) is 0. The van der Waals surface area contributed by atoms with Gasteiger partial charge in [0.1, 0.15) is 0 Å². The van der Waals surface area contributed by atoms with E-state index in [1.54, 1.807) is 0 Å². The molecule has 2 aromatic rings. The average Bonchev–Trinajstić information content (AvgIpc) is 2.47. The van der Waals surface area contributed by atoms with Gasteiger partial charge in [0.2, 0.25) is 0 Å². The Morgan fingerprint density at radius 2 is 1.82 bits per heavy atom. The fourth-order valence-corrected chi connectivity index (χ4v) is 2.91. The van der Waals surface area contributed by atoms with Crippen molar-refractivity contribution in [2.45, 2.75) is 33.2 Å². The summed E-state index contributed by atoms with van der Waals surface area (Å²) in [5, 5.41) is 3.50. The Hall–Kier alpha value is -2.29. The van der Waals surface area contributed by atoms with Gasteiger partial charge in [0.25, 0.3) is 5.91 Å². The van der Waals surface area contributed by atoms with Crippen LogP contribution in [0.5, 0.6) is 0 Å². The van der Waals surface area contributed by atoms with Gasteiger partial charge in [-0.05, 0) is 63.1 Å². The second kappa shape index (κ2) is 5.16. The van der Waals surface area contributed by atoms with Gasteiger partial charge in [-0.25, -0.2) is 0 Å². The molecule has 0 bridgehead atoms. The van der Waals surface area contributed by atoms with Crippen LogP contribution in [0.25, 0.3) is 0 Å². The fourth-order valence-electron chi connectivity index (χ4n) is 2.91. The molecule has 1 heterocycles. The lowest BCUT2D eigenvalue weighted by atomic mass is 9.98. The Bertz CT molecular complexity index is 734. The first-order valence-electron chi connectivity index (χ1n) is 7.64. The van der Waals surface area contributed by atoms with Crippen molar-refractivity contribution in [3.63, 3.8) is 0 Å². The summed E-state index contributed by atoms with van der Waals surface area (Å²) in [5.41, 5.74) is 4.91. The van der Waals surface area contributed by atoms with Gasteiger partial charge in [-0.15, -0.1) is 0 Å². The molecule has 3 rings (SSSR count). The third-order valence-electron chi connectivity index (χ3n) is 4.22. The molecule has 1 amide bonds. The number of anilines is 2. The van der Waals surface area contributed by atoms with Crippen LogP contribution in [0.15, 0.2) is 42.5 Å². The molecule has 0 spiro atoms. The number of hydrogen-bond donors (Lipinski definition) is 1. The van der Waals surface area contributed by atoms with E-state index in [9.17, 15) is 4.79 Å². The standard InChI is InChI=1S/C19H22N2O/c1-13-9-10-15(11-14(13)2)18(22)21-12-19(3,4)20-16-7-5-6-8-17(16)21/h5-11,20H,12H2,1-4H3. The maximum Gasteiger partial charge on any atom is 0.258 e. The molecule has 0 saturated heterocycles. The number of benzene rings is 2. The van der Waals surface area contributed by atoms with Crippen LogP contribution in [0.2, 0.25) is 0 Å². The van der Waals surface area contributed by atoms with E-state index in [-0.39, 0.29) is 11.4 Å². The van der Waals surface area contributed by atoms with Gasteiger partial charge in [0.15, 0.2) is 0 Å². The van der Waals surface area contributed by atoms with Crippen LogP contribution in [-0.4, -0.2) is 18.0 Å². The van der Waals surface area contributed by atoms with Crippen molar-refractivity contribution in [1.29, 1.82) is 0 Å². The summed E-state index contributed by atoms with van der Waals surface area (Å²) in [6.45, 7) is 8.98. The lowest BCUT2D eigenvalue weighted by Gasteiger charge is -2.41. The molecule has 3 nitrogen and oxygen atoms in total. The van der Waals surface area contributed by atoms with Gasteiger partial charge in [-0.2, -0.15) is 0 Å². The van der Waals surface area contributed by atoms with Crippen molar-refractivity contribution >= 4 is 17.3 Å². The smallest absolute Gasteiger partial charge is 0.258 e. The molecule has 0 aromatic heterocycles. The molecule has 0 aliphatic carbocycles. The topological polar surface area (TPSA) is 32.3 Å². The number of amides is 1. The summed E-state index contributed by atoms with van der Waals surface area (Å²) >= 11 is 0. The third kappa shape index (κ3) is 2.59. The predicted octanol–water partition coefficient (Wildman–Crippen LogP) is 4.15. The molecule has 22 heavy (non-hydrogen) atoms. The van der Waals surface area contributed by atoms with E-state index in [2.05, 4.69) is 26.1 Å². The number of para-hydroxylation sites is 2. The minimum absolute atomic E-state index is 0.0603. The van der Waals surface area contributed by atoms with Crippen LogP contribution in [0.4, 0.5) is 11.4 Å². The second-order valence-corrected chi connectivity index (χ2v) is 6.72. The van der Waals surface area contributed by atoms with Gasteiger partial charge in [0, 0.05) is 17.6 Å². The minimum atomic E-state index is -0.149. The van der Waals surface area contributed by atoms with E-state index in [4.69, 9.17) is 0 Å². The number of carbonyl (C=O) groups excluding carboxylic acids is 1. The highest BCUT2D eigenvalue weighted by atomic mass is 16.2. The monoisotopic (exact) mass is 294 g/mol. The molecule has 0 atom stereocenters. The molecular formula is C19H22N2O. The largest absolute Gasteiger partial charge is 0.377 e. The van der Waals surface area contributed by atoms with Crippen LogP contribution in [0.1, 0.15) is 35.3 Å². The average molecular weight is 294 g/mol. The van der Waals surface area contributed by atoms with Gasteiger partial charge in [-0.1, -0.05) is 18.2 Å². The molecular weight excluding hydrogens is 272 g/mol. The molecule has 0 unspecified atom stereocenters. The summed E-state index contributed by atoms with van der Waals surface area (Å²) in [4.78, 5) is 14.9. The van der Waals surface area contributed by atoms with Crippen molar-refractivity contribution in [3.8, 4) is 0 Å². The lowest BCUT2D eigenvalue weighted by molar-refractivity contribution is 0.0981. The quantitative estimate of drug-likeness (QED) is 0.856. The van der Waals surface area contributed by atoms with Crippen molar-refractivity contribution in [2.24, 2.45) is 0 Å². The first-order chi connectivity index (χ1) is 10.4. The number of hydrogen-bond acceptors (Lipinski definition) is 2. The van der Waals surface area contributed by atoms with E-state index >= 15 is 0 Å². The molecule has 3 heteroatoms. The van der Waals surface area contributed by atoms with Crippen molar-refractivity contribution < 1.29 is 4.79 Å². The van der Waals surface area contributed by atoms with Gasteiger partial charge < -0.3 is 10.2 Å². The van der Waals surface area contributed by atoms with Gasteiger partial charge in [-0.3, -0.25) is 4.79 Å². The molecule has 0 radical (unpaired) electrons. The van der Waals surface area contributed by atoms with E-state index in [1.807, 2.05) is 54.3 Å². The normalized spacial score (nSPS) is 15.9. The predicted molar refractivity (Wildman–Crippen MR) is 91.7 cm³/mol. The summed E-state index contributed by atoms with van der Waals surface area (Å²) in [7, 11) is 0. The number of rotatable bonds is 1. The Labute approximate surface area is 132 Å². The fraction of sp³-hybridized carbons (Fsp3) is 0.316. The zero-order valence-corrected chi connectivity index (χ0v) is 13.6. The van der Waals surface area contributed by atoms with Gasteiger partial charge >= 0.3 is 0 Å². The van der Waals surface area contributed by atoms with Crippen molar-refractivity contribution in [3.05, 3.63) is 59.2 Å². The van der Waals surface area contributed by atoms with Crippen LogP contribution in [0.3, 0.4) is 0 Å². The zero-order valence-electron chi connectivity index (χ0n) is 13.6. The Kier molecular flexibility index (Phi) is 3.44. The summed E-state index contributed by atoms with van der Waals surface area (Å²) in [6, 6.07) is 13.9. The van der Waals surface area contributed by atoms with Crippen LogP contribution in [0, 0.1) is 13.8 Å². The molecule has 1 N–H and O–H groups in total. The van der Waals surface area contributed by atoms with Crippen molar-refractivity contribution in [1.82, 2.24) is 0 Å². The first kappa shape index (κ1) is 14.6. The highest BCUT2D eigenvalue weighted by molar-refractivity contribution is 6.08. The van der Waals surface area contributed by atoms with E-state index in [0.717, 1.165) is 22.5 Å². The summed E-state index contributed by atoms with van der Waals surface area (Å²) < 4.78 is 0. The maximum absolute atomic E-state index is 13.0. The van der Waals surface area contributed by atoms with Crippen LogP contribution in [-0.2, 0) is 0 Å². The highest BCUT2D eigenvalue weighted by Crippen LogP contribution is 2.35. The number of fused-ring (bicyclic) bond motifs is 1. The Morgan fingerprint density at radius 3 is 2.55 bits per heavy atom. The third-order valence-corrected chi connectivity index (χ3v) is 4.22. The number of carbonyl (C=O) groups is 1. The van der Waals surface area contributed by atoms with Gasteiger partial charge in [0.05, 0.1) is 11.4 Å². The van der Waals surface area contributed by atoms with E-state index < -0.39 is 0 Å². The minimum Gasteiger partial charge on any atom is -0.377 e. The SMILES string of the molecule is Cc1ccc(C(=O)N2CC(C)(C)Nc3ccccc32)cc1C. The van der Waals surface area contributed by atoms with E-state index in [0.29, 0.717) is 6.54 Å². The van der Waals surface area contributed by atoms with Crippen LogP contribution >= 0.6 is 0 Å². The highest BCUT2D eigenvalue weighted by Gasteiger charge is 2.33. The molecule has 1 aliphatic heterocycles. The first-order valence-corrected chi connectivity index (χ1v) is 7.64. The zero-order chi connectivity index (χ0) is 15.9. The number of aryl methyl sites for hydroxylation is 2. The van der Waals surface area contributed by atoms with E-state index in [1.165, 1.54) is 5.56 Å². The molecule has 114 valence electrons. The number of nitrogens with zero attached hydrogens (tertiary/aromatic N) is 1.